The van der Waals surface area contributed by atoms with E-state index < -0.39 is 0 Å². The number of carbonyl (C=O) groups is 1. The third-order valence-electron chi connectivity index (χ3n) is 5.11. The van der Waals surface area contributed by atoms with Crippen LogP contribution in [0.25, 0.3) is 0 Å². The van der Waals surface area contributed by atoms with Gasteiger partial charge in [0.25, 0.3) is 0 Å². The molecule has 3 rings (SSSR count). The number of aryl methyl sites for hydroxylation is 2. The highest BCUT2D eigenvalue weighted by molar-refractivity contribution is 7.99. The van der Waals surface area contributed by atoms with Gasteiger partial charge in [-0.15, -0.1) is 10.2 Å². The third-order valence-corrected chi connectivity index (χ3v) is 6.08. The Morgan fingerprint density at radius 3 is 2.75 bits per heavy atom. The van der Waals surface area contributed by atoms with Crippen LogP contribution in [0.2, 0.25) is 0 Å². The first-order valence-electron chi connectivity index (χ1n) is 10.1. The molecule has 1 aliphatic carbocycles. The van der Waals surface area contributed by atoms with E-state index in [0.29, 0.717) is 11.8 Å². The van der Waals surface area contributed by atoms with E-state index in [1.807, 2.05) is 30.5 Å². The molecule has 1 atom stereocenters. The molecule has 7 heteroatoms. The number of thioether (sulfide) groups is 1. The second-order valence-electron chi connectivity index (χ2n) is 7.45. The highest BCUT2D eigenvalue weighted by atomic mass is 32.2. The number of hydrogen-bond donors (Lipinski definition) is 1. The van der Waals surface area contributed by atoms with Crippen molar-refractivity contribution in [3.63, 3.8) is 0 Å². The maximum Gasteiger partial charge on any atom is 0.230 e. The van der Waals surface area contributed by atoms with Crippen molar-refractivity contribution in [2.45, 2.75) is 77.2 Å². The van der Waals surface area contributed by atoms with Crippen LogP contribution in [0.3, 0.4) is 0 Å². The zero-order valence-electron chi connectivity index (χ0n) is 17.2. The van der Waals surface area contributed by atoms with Gasteiger partial charge in [0, 0.05) is 12.6 Å². The van der Waals surface area contributed by atoms with Crippen LogP contribution >= 0.6 is 11.8 Å². The molecule has 0 saturated heterocycles. The summed E-state index contributed by atoms with van der Waals surface area (Å²) in [5.74, 6) is 2.07. The molecule has 0 radical (unpaired) electrons. The summed E-state index contributed by atoms with van der Waals surface area (Å²) < 4.78 is 8.17. The van der Waals surface area contributed by atoms with Crippen molar-refractivity contribution in [3.05, 3.63) is 35.2 Å². The molecule has 1 unspecified atom stereocenters. The van der Waals surface area contributed by atoms with Crippen molar-refractivity contribution in [1.29, 1.82) is 0 Å². The smallest absolute Gasteiger partial charge is 0.230 e. The lowest BCUT2D eigenvalue weighted by atomic mass is 10.1. The van der Waals surface area contributed by atoms with Gasteiger partial charge in [0.1, 0.15) is 5.75 Å². The first kappa shape index (κ1) is 20.7. The van der Waals surface area contributed by atoms with E-state index in [0.717, 1.165) is 41.7 Å². The summed E-state index contributed by atoms with van der Waals surface area (Å²) in [4.78, 5) is 12.2. The fraction of sp³-hybridized carbons (Fsp3) is 0.571. The molecular formula is C21H30N4O2S. The first-order chi connectivity index (χ1) is 13.5. The van der Waals surface area contributed by atoms with Crippen molar-refractivity contribution in [2.75, 3.05) is 5.75 Å². The summed E-state index contributed by atoms with van der Waals surface area (Å²) >= 11 is 1.43. The van der Waals surface area contributed by atoms with Crippen LogP contribution < -0.4 is 10.1 Å². The number of benzene rings is 1. The van der Waals surface area contributed by atoms with Crippen molar-refractivity contribution in [2.24, 2.45) is 0 Å². The van der Waals surface area contributed by atoms with Crippen molar-refractivity contribution in [3.8, 4) is 5.75 Å². The van der Waals surface area contributed by atoms with Crippen LogP contribution in [-0.2, 0) is 11.3 Å². The van der Waals surface area contributed by atoms with Crippen molar-refractivity contribution in [1.82, 2.24) is 20.1 Å². The summed E-state index contributed by atoms with van der Waals surface area (Å²) in [5, 5.41) is 12.5. The highest BCUT2D eigenvalue weighted by Gasteiger charge is 2.21. The maximum absolute atomic E-state index is 12.2. The Hall–Kier alpha value is -2.02. The van der Waals surface area contributed by atoms with Gasteiger partial charge in [0.05, 0.1) is 5.75 Å². The van der Waals surface area contributed by atoms with Gasteiger partial charge in [0.15, 0.2) is 17.1 Å². The topological polar surface area (TPSA) is 69.0 Å². The van der Waals surface area contributed by atoms with E-state index >= 15 is 0 Å². The summed E-state index contributed by atoms with van der Waals surface area (Å²) in [6, 6.07) is 6.50. The number of ether oxygens (including phenoxy) is 1. The molecule has 1 aliphatic rings. The van der Waals surface area contributed by atoms with Gasteiger partial charge in [-0.1, -0.05) is 42.3 Å². The fourth-order valence-electron chi connectivity index (χ4n) is 3.65. The zero-order chi connectivity index (χ0) is 20.1. The molecule has 0 spiro atoms. The quantitative estimate of drug-likeness (QED) is 0.670. The van der Waals surface area contributed by atoms with Gasteiger partial charge in [-0.2, -0.15) is 0 Å². The molecule has 1 aromatic heterocycles. The lowest BCUT2D eigenvalue weighted by Gasteiger charge is -2.17. The van der Waals surface area contributed by atoms with E-state index in [1.54, 1.807) is 0 Å². The van der Waals surface area contributed by atoms with Gasteiger partial charge in [-0.25, -0.2) is 0 Å². The second-order valence-corrected chi connectivity index (χ2v) is 8.39. The summed E-state index contributed by atoms with van der Waals surface area (Å²) in [6.45, 7) is 8.88. The number of nitrogens with zero attached hydrogens (tertiary/aromatic N) is 3. The average molecular weight is 403 g/mol. The lowest BCUT2D eigenvalue weighted by Crippen LogP contribution is -2.33. The van der Waals surface area contributed by atoms with Gasteiger partial charge in [-0.3, -0.25) is 4.79 Å². The van der Waals surface area contributed by atoms with Gasteiger partial charge >= 0.3 is 0 Å². The Morgan fingerprint density at radius 2 is 2.07 bits per heavy atom. The predicted molar refractivity (Wildman–Crippen MR) is 112 cm³/mol. The minimum atomic E-state index is -0.226. The van der Waals surface area contributed by atoms with E-state index in [9.17, 15) is 4.79 Å². The van der Waals surface area contributed by atoms with Crippen LogP contribution in [0.1, 0.15) is 62.6 Å². The Morgan fingerprint density at radius 1 is 1.32 bits per heavy atom. The summed E-state index contributed by atoms with van der Waals surface area (Å²) in [5.41, 5.74) is 2.32. The van der Waals surface area contributed by atoms with Gasteiger partial charge < -0.3 is 14.6 Å². The number of hydrogen-bond acceptors (Lipinski definition) is 5. The predicted octanol–water partition coefficient (Wildman–Crippen LogP) is 4.21. The van der Waals surface area contributed by atoms with Crippen LogP contribution in [0.15, 0.2) is 23.4 Å². The maximum atomic E-state index is 12.2. The molecule has 0 aliphatic heterocycles. The normalized spacial score (nSPS) is 15.6. The van der Waals surface area contributed by atoms with Crippen molar-refractivity contribution >= 4 is 17.7 Å². The molecule has 0 bridgehead atoms. The van der Waals surface area contributed by atoms with Crippen LogP contribution in [0, 0.1) is 13.8 Å². The molecule has 1 aromatic carbocycles. The second kappa shape index (κ2) is 9.45. The average Bonchev–Trinajstić information content (AvgIpc) is 3.31. The van der Waals surface area contributed by atoms with Crippen LogP contribution in [0.5, 0.6) is 5.75 Å². The van der Waals surface area contributed by atoms with Gasteiger partial charge in [-0.05, 0) is 52.2 Å². The Labute approximate surface area is 171 Å². The zero-order valence-corrected chi connectivity index (χ0v) is 18.0. The molecule has 152 valence electrons. The SMILES string of the molecule is CCn1c(SCC(=O)NC2CCCC2)nnc1C(C)Oc1ccc(C)cc1C. The van der Waals surface area contributed by atoms with E-state index in [1.165, 1.54) is 30.2 Å². The fourth-order valence-corrected chi connectivity index (χ4v) is 4.47. The third kappa shape index (κ3) is 5.07. The van der Waals surface area contributed by atoms with E-state index in [-0.39, 0.29) is 12.0 Å². The number of nitrogens with one attached hydrogen (secondary N) is 1. The summed E-state index contributed by atoms with van der Waals surface area (Å²) in [6.07, 6.45) is 4.39. The molecule has 1 saturated carbocycles. The standard InChI is InChI=1S/C21H30N4O2S/c1-5-25-20(16(4)27-18-11-10-14(2)12-15(18)3)23-24-21(25)28-13-19(26)22-17-8-6-7-9-17/h10-12,16-17H,5-9,13H2,1-4H3,(H,22,26). The minimum Gasteiger partial charge on any atom is -0.482 e. The first-order valence-corrected chi connectivity index (χ1v) is 11.1. The number of carbonyl (C=O) groups excluding carboxylic acids is 1. The van der Waals surface area contributed by atoms with Crippen molar-refractivity contribution < 1.29 is 9.53 Å². The molecular weight excluding hydrogens is 372 g/mol. The monoisotopic (exact) mass is 402 g/mol. The molecule has 1 N–H and O–H groups in total. The Bertz CT molecular complexity index is 815. The van der Waals surface area contributed by atoms with E-state index in [2.05, 4.69) is 35.4 Å². The van der Waals surface area contributed by atoms with Gasteiger partial charge in [0.2, 0.25) is 5.91 Å². The molecule has 1 heterocycles. The van der Waals surface area contributed by atoms with Crippen LogP contribution in [-0.4, -0.2) is 32.5 Å². The van der Waals surface area contributed by atoms with Crippen LogP contribution in [0.4, 0.5) is 0 Å². The number of amides is 1. The molecule has 6 nitrogen and oxygen atoms in total. The minimum absolute atomic E-state index is 0.0729. The molecule has 28 heavy (non-hydrogen) atoms. The molecule has 1 fully saturated rings. The van der Waals surface area contributed by atoms with E-state index in [4.69, 9.17) is 4.74 Å². The Kier molecular flexibility index (Phi) is 6.99. The number of aromatic nitrogens is 3. The summed E-state index contributed by atoms with van der Waals surface area (Å²) in [7, 11) is 0. The lowest BCUT2D eigenvalue weighted by molar-refractivity contribution is -0.119. The largest absolute Gasteiger partial charge is 0.482 e. The molecule has 2 aromatic rings. The highest BCUT2D eigenvalue weighted by Crippen LogP contribution is 2.27. The number of rotatable bonds is 8. The Balaban J connectivity index is 1.62. The molecule has 1 amide bonds.